The molecule has 0 atom stereocenters. The average Bonchev–Trinajstić information content (AvgIpc) is 3.14. The van der Waals surface area contributed by atoms with E-state index in [0.717, 1.165) is 27.0 Å². The number of thiophene rings is 1. The van der Waals surface area contributed by atoms with E-state index in [-0.39, 0.29) is 12.5 Å². The summed E-state index contributed by atoms with van der Waals surface area (Å²) in [6.07, 6.45) is 0. The topological polar surface area (TPSA) is 60.3 Å². The van der Waals surface area contributed by atoms with Gasteiger partial charge in [-0.15, -0.1) is 11.3 Å². The van der Waals surface area contributed by atoms with Crippen molar-refractivity contribution in [1.82, 2.24) is 4.57 Å². The summed E-state index contributed by atoms with van der Waals surface area (Å²) in [7, 11) is 0. The molecular weight excluding hydrogens is 336 g/mol. The van der Waals surface area contributed by atoms with Crippen LogP contribution in [0.4, 0.5) is 5.69 Å². The first kappa shape index (κ1) is 17.2. The zero-order valence-electron chi connectivity index (χ0n) is 14.5. The van der Waals surface area contributed by atoms with Gasteiger partial charge in [-0.2, -0.15) is 0 Å². The number of benzene rings is 1. The Bertz CT molecular complexity index is 919. The first-order chi connectivity index (χ1) is 12.0. The van der Waals surface area contributed by atoms with E-state index in [2.05, 4.69) is 5.32 Å². The number of esters is 1. The SMILES string of the molecule is CCOC(=O)c1cc2ccsc2n1CC(=O)Nc1c(C)cccc1C. The number of aromatic nitrogens is 1. The molecule has 0 aliphatic rings. The Morgan fingerprint density at radius 3 is 2.60 bits per heavy atom. The number of nitrogens with zero attached hydrogens (tertiary/aromatic N) is 1. The third-order valence-electron chi connectivity index (χ3n) is 4.03. The van der Waals surface area contributed by atoms with Gasteiger partial charge in [0.1, 0.15) is 17.1 Å². The molecule has 2 heterocycles. The van der Waals surface area contributed by atoms with Gasteiger partial charge in [-0.05, 0) is 49.4 Å². The number of hydrogen-bond donors (Lipinski definition) is 1. The number of hydrogen-bond acceptors (Lipinski definition) is 4. The van der Waals surface area contributed by atoms with Crippen molar-refractivity contribution in [2.24, 2.45) is 0 Å². The van der Waals surface area contributed by atoms with E-state index in [4.69, 9.17) is 4.74 Å². The summed E-state index contributed by atoms with van der Waals surface area (Å²) in [5, 5.41) is 5.85. The van der Waals surface area contributed by atoms with Gasteiger partial charge in [0.05, 0.1) is 6.61 Å². The summed E-state index contributed by atoms with van der Waals surface area (Å²) in [4.78, 5) is 25.7. The lowest BCUT2D eigenvalue weighted by Gasteiger charge is -2.13. The van der Waals surface area contributed by atoms with Crippen LogP contribution >= 0.6 is 11.3 Å². The van der Waals surface area contributed by atoms with Gasteiger partial charge in [0.15, 0.2) is 0 Å². The molecule has 2 aromatic heterocycles. The fraction of sp³-hybridized carbons (Fsp3) is 0.263. The first-order valence-corrected chi connectivity index (χ1v) is 8.99. The lowest BCUT2D eigenvalue weighted by molar-refractivity contribution is -0.116. The van der Waals surface area contributed by atoms with E-state index < -0.39 is 5.97 Å². The van der Waals surface area contributed by atoms with Gasteiger partial charge >= 0.3 is 5.97 Å². The lowest BCUT2D eigenvalue weighted by atomic mass is 10.1. The number of fused-ring (bicyclic) bond motifs is 1. The van der Waals surface area contributed by atoms with Crippen molar-refractivity contribution in [3.63, 3.8) is 0 Å². The Balaban J connectivity index is 1.89. The van der Waals surface area contributed by atoms with E-state index >= 15 is 0 Å². The molecule has 6 heteroatoms. The number of para-hydroxylation sites is 1. The molecule has 0 bridgehead atoms. The highest BCUT2D eigenvalue weighted by Crippen LogP contribution is 2.26. The maximum Gasteiger partial charge on any atom is 0.355 e. The molecule has 25 heavy (non-hydrogen) atoms. The van der Waals surface area contributed by atoms with Gasteiger partial charge in [-0.1, -0.05) is 18.2 Å². The van der Waals surface area contributed by atoms with E-state index in [1.165, 1.54) is 11.3 Å². The Morgan fingerprint density at radius 2 is 1.92 bits per heavy atom. The maximum absolute atomic E-state index is 12.6. The van der Waals surface area contributed by atoms with Crippen molar-refractivity contribution < 1.29 is 14.3 Å². The zero-order valence-corrected chi connectivity index (χ0v) is 15.3. The Labute approximate surface area is 150 Å². The van der Waals surface area contributed by atoms with Gasteiger partial charge in [0, 0.05) is 11.1 Å². The van der Waals surface area contributed by atoms with E-state index in [9.17, 15) is 9.59 Å². The standard InChI is InChI=1S/C19H20N2O3S/c1-4-24-19(23)15-10-14-8-9-25-18(14)21(15)11-16(22)20-17-12(2)6-5-7-13(17)3/h5-10H,4,11H2,1-3H3,(H,20,22). The normalized spacial score (nSPS) is 10.8. The monoisotopic (exact) mass is 356 g/mol. The van der Waals surface area contributed by atoms with Crippen molar-refractivity contribution in [2.45, 2.75) is 27.3 Å². The van der Waals surface area contributed by atoms with Crippen molar-refractivity contribution in [1.29, 1.82) is 0 Å². The number of carbonyl (C=O) groups excluding carboxylic acids is 2. The number of amides is 1. The summed E-state index contributed by atoms with van der Waals surface area (Å²) in [6.45, 7) is 6.04. The van der Waals surface area contributed by atoms with Crippen LogP contribution in [0, 0.1) is 13.8 Å². The second-order valence-corrected chi connectivity index (χ2v) is 6.73. The molecule has 0 unspecified atom stereocenters. The summed E-state index contributed by atoms with van der Waals surface area (Å²) in [6, 6.07) is 9.58. The van der Waals surface area contributed by atoms with Crippen molar-refractivity contribution in [3.8, 4) is 0 Å². The largest absolute Gasteiger partial charge is 0.461 e. The van der Waals surface area contributed by atoms with Crippen LogP contribution in [0.5, 0.6) is 0 Å². The van der Waals surface area contributed by atoms with Crippen LogP contribution in [-0.2, 0) is 16.1 Å². The zero-order chi connectivity index (χ0) is 18.0. The van der Waals surface area contributed by atoms with Crippen LogP contribution in [0.3, 0.4) is 0 Å². The van der Waals surface area contributed by atoms with Gasteiger partial charge in [-0.3, -0.25) is 4.79 Å². The molecule has 0 radical (unpaired) electrons. The van der Waals surface area contributed by atoms with Crippen LogP contribution < -0.4 is 5.32 Å². The van der Waals surface area contributed by atoms with Crippen LogP contribution in [0.15, 0.2) is 35.7 Å². The third kappa shape index (κ3) is 3.44. The average molecular weight is 356 g/mol. The molecule has 1 amide bonds. The fourth-order valence-corrected chi connectivity index (χ4v) is 3.74. The minimum absolute atomic E-state index is 0.0614. The predicted molar refractivity (Wildman–Crippen MR) is 100 cm³/mol. The smallest absolute Gasteiger partial charge is 0.355 e. The highest BCUT2D eigenvalue weighted by Gasteiger charge is 2.19. The Morgan fingerprint density at radius 1 is 1.20 bits per heavy atom. The minimum atomic E-state index is -0.411. The number of carbonyl (C=O) groups is 2. The molecular formula is C19H20N2O3S. The lowest BCUT2D eigenvalue weighted by Crippen LogP contribution is -2.22. The van der Waals surface area contributed by atoms with Gasteiger partial charge in [-0.25, -0.2) is 4.79 Å². The number of ether oxygens (including phenoxy) is 1. The predicted octanol–water partition coefficient (Wildman–Crippen LogP) is 4.14. The van der Waals surface area contributed by atoms with Crippen LogP contribution in [0.25, 0.3) is 10.2 Å². The molecule has 0 aliphatic carbocycles. The number of nitrogens with one attached hydrogen (secondary N) is 1. The second kappa shape index (κ2) is 7.11. The summed E-state index contributed by atoms with van der Waals surface area (Å²) in [5.41, 5.74) is 3.24. The summed E-state index contributed by atoms with van der Waals surface area (Å²) in [5.74, 6) is -0.584. The van der Waals surface area contributed by atoms with Crippen LogP contribution in [-0.4, -0.2) is 23.1 Å². The summed E-state index contributed by atoms with van der Waals surface area (Å²) < 4.78 is 6.84. The fourth-order valence-electron chi connectivity index (χ4n) is 2.84. The molecule has 5 nitrogen and oxygen atoms in total. The van der Waals surface area contributed by atoms with Gasteiger partial charge in [0.2, 0.25) is 5.91 Å². The number of rotatable bonds is 5. The van der Waals surface area contributed by atoms with Crippen molar-refractivity contribution in [2.75, 3.05) is 11.9 Å². The van der Waals surface area contributed by atoms with Crippen molar-refractivity contribution >= 4 is 39.1 Å². The number of anilines is 1. The minimum Gasteiger partial charge on any atom is -0.461 e. The first-order valence-electron chi connectivity index (χ1n) is 8.11. The molecule has 130 valence electrons. The van der Waals surface area contributed by atoms with Crippen LogP contribution in [0.2, 0.25) is 0 Å². The molecule has 1 N–H and O–H groups in total. The van der Waals surface area contributed by atoms with E-state index in [0.29, 0.717) is 12.3 Å². The molecule has 0 aliphatic heterocycles. The van der Waals surface area contributed by atoms with Crippen molar-refractivity contribution in [3.05, 3.63) is 52.5 Å². The van der Waals surface area contributed by atoms with E-state index in [1.807, 2.05) is 43.5 Å². The molecule has 0 saturated heterocycles. The second-order valence-electron chi connectivity index (χ2n) is 5.83. The maximum atomic E-state index is 12.6. The Hall–Kier alpha value is -2.60. The molecule has 3 aromatic rings. The molecule has 0 saturated carbocycles. The third-order valence-corrected chi connectivity index (χ3v) is 4.99. The summed E-state index contributed by atoms with van der Waals surface area (Å²) >= 11 is 1.50. The quantitative estimate of drug-likeness (QED) is 0.699. The highest BCUT2D eigenvalue weighted by molar-refractivity contribution is 7.16. The van der Waals surface area contributed by atoms with E-state index in [1.54, 1.807) is 17.6 Å². The van der Waals surface area contributed by atoms with Crippen LogP contribution in [0.1, 0.15) is 28.5 Å². The highest BCUT2D eigenvalue weighted by atomic mass is 32.1. The Kier molecular flexibility index (Phi) is 4.90. The molecule has 3 rings (SSSR count). The molecule has 1 aromatic carbocycles. The number of aryl methyl sites for hydroxylation is 2. The molecule has 0 spiro atoms. The molecule has 0 fully saturated rings. The van der Waals surface area contributed by atoms with Gasteiger partial charge in [0.25, 0.3) is 0 Å². The van der Waals surface area contributed by atoms with Gasteiger partial charge < -0.3 is 14.6 Å².